The van der Waals surface area contributed by atoms with Crippen molar-refractivity contribution in [2.45, 2.75) is 53.1 Å². The molecule has 0 aromatic heterocycles. The molecule has 2 nitrogen and oxygen atoms in total. The largest absolute Gasteiger partial charge is 0.493 e. The smallest absolute Gasteiger partial charge is 0.123 e. The summed E-state index contributed by atoms with van der Waals surface area (Å²) >= 11 is 0. The number of hydrogen-bond acceptors (Lipinski definition) is 2. The lowest BCUT2D eigenvalue weighted by Gasteiger charge is -2.23. The average molecular weight is 236 g/mol. The topological polar surface area (TPSA) is 18.5 Å². The molecule has 1 aromatic carbocycles. The van der Waals surface area contributed by atoms with Gasteiger partial charge in [0.2, 0.25) is 0 Å². The normalized spacial score (nSPS) is 17.6. The van der Waals surface area contributed by atoms with E-state index >= 15 is 0 Å². The maximum absolute atomic E-state index is 5.67. The van der Waals surface area contributed by atoms with Gasteiger partial charge in [0.15, 0.2) is 0 Å². The van der Waals surface area contributed by atoms with E-state index in [9.17, 15) is 0 Å². The Kier molecular flexibility index (Phi) is 5.33. The average Bonchev–Trinajstić information content (AvgIpc) is 2.32. The summed E-state index contributed by atoms with van der Waals surface area (Å²) in [5.74, 6) is 2.54. The van der Waals surface area contributed by atoms with Gasteiger partial charge in [-0.05, 0) is 44.4 Å². The molecule has 1 aromatic rings. The van der Waals surface area contributed by atoms with Gasteiger partial charge in [0, 0.05) is 5.56 Å². The van der Waals surface area contributed by atoms with Crippen LogP contribution in [0.15, 0.2) is 18.2 Å². The first-order chi connectivity index (χ1) is 8.16. The SMILES string of the molecule is CC.CC(C)Oc1ccc2c(c1)C(C)CCO2. The number of ether oxygens (including phenoxy) is 2. The second-order valence-electron chi connectivity index (χ2n) is 4.40. The summed E-state index contributed by atoms with van der Waals surface area (Å²) in [7, 11) is 0. The molecule has 2 rings (SSSR count). The van der Waals surface area contributed by atoms with Gasteiger partial charge in [-0.15, -0.1) is 0 Å². The van der Waals surface area contributed by atoms with Crippen LogP contribution in [-0.2, 0) is 0 Å². The Labute approximate surface area is 105 Å². The van der Waals surface area contributed by atoms with Crippen LogP contribution < -0.4 is 9.47 Å². The molecular weight excluding hydrogens is 212 g/mol. The van der Waals surface area contributed by atoms with Crippen LogP contribution in [0.25, 0.3) is 0 Å². The number of fused-ring (bicyclic) bond motifs is 1. The lowest BCUT2D eigenvalue weighted by molar-refractivity contribution is 0.238. The van der Waals surface area contributed by atoms with E-state index in [1.54, 1.807) is 0 Å². The summed E-state index contributed by atoms with van der Waals surface area (Å²) in [6.07, 6.45) is 1.32. The Hall–Kier alpha value is -1.18. The standard InChI is InChI=1S/C13H18O2.C2H6/c1-9(2)15-11-4-5-13-12(8-11)10(3)6-7-14-13;1-2/h4-5,8-10H,6-7H2,1-3H3;1-2H3. The third kappa shape index (κ3) is 3.65. The highest BCUT2D eigenvalue weighted by Gasteiger charge is 2.18. The Morgan fingerprint density at radius 1 is 1.29 bits per heavy atom. The van der Waals surface area contributed by atoms with Crippen LogP contribution >= 0.6 is 0 Å². The lowest BCUT2D eigenvalue weighted by Crippen LogP contribution is -2.13. The van der Waals surface area contributed by atoms with E-state index in [0.717, 1.165) is 24.5 Å². The van der Waals surface area contributed by atoms with Crippen LogP contribution in [0.2, 0.25) is 0 Å². The summed E-state index contributed by atoms with van der Waals surface area (Å²) in [6.45, 7) is 11.2. The van der Waals surface area contributed by atoms with E-state index in [-0.39, 0.29) is 6.10 Å². The van der Waals surface area contributed by atoms with E-state index in [1.807, 2.05) is 39.8 Å². The Morgan fingerprint density at radius 3 is 2.65 bits per heavy atom. The molecule has 0 radical (unpaired) electrons. The van der Waals surface area contributed by atoms with Gasteiger partial charge in [0.05, 0.1) is 12.7 Å². The summed E-state index contributed by atoms with van der Waals surface area (Å²) < 4.78 is 11.3. The molecule has 1 aliphatic heterocycles. The van der Waals surface area contributed by atoms with Crippen LogP contribution in [-0.4, -0.2) is 12.7 Å². The van der Waals surface area contributed by atoms with Crippen molar-refractivity contribution < 1.29 is 9.47 Å². The molecule has 0 N–H and O–H groups in total. The van der Waals surface area contributed by atoms with Crippen molar-refractivity contribution in [3.05, 3.63) is 23.8 Å². The molecule has 0 bridgehead atoms. The fourth-order valence-corrected chi connectivity index (χ4v) is 1.89. The van der Waals surface area contributed by atoms with Crippen molar-refractivity contribution in [1.29, 1.82) is 0 Å². The minimum absolute atomic E-state index is 0.225. The molecule has 96 valence electrons. The molecule has 1 unspecified atom stereocenters. The third-order valence-electron chi connectivity index (χ3n) is 2.69. The first-order valence-electron chi connectivity index (χ1n) is 6.60. The van der Waals surface area contributed by atoms with Gasteiger partial charge in [-0.3, -0.25) is 0 Å². The van der Waals surface area contributed by atoms with Gasteiger partial charge in [-0.25, -0.2) is 0 Å². The Morgan fingerprint density at radius 2 is 2.00 bits per heavy atom. The zero-order valence-electron chi connectivity index (χ0n) is 11.6. The predicted octanol–water partition coefficient (Wildman–Crippen LogP) is 4.39. The Bertz CT molecular complexity index is 345. The highest BCUT2D eigenvalue weighted by Crippen LogP contribution is 2.35. The van der Waals surface area contributed by atoms with E-state index in [0.29, 0.717) is 5.92 Å². The fourth-order valence-electron chi connectivity index (χ4n) is 1.89. The van der Waals surface area contributed by atoms with E-state index in [2.05, 4.69) is 13.0 Å². The molecule has 0 fully saturated rings. The molecule has 0 saturated heterocycles. The van der Waals surface area contributed by atoms with Crippen LogP contribution in [0.4, 0.5) is 0 Å². The van der Waals surface area contributed by atoms with E-state index in [1.165, 1.54) is 5.56 Å². The molecule has 17 heavy (non-hydrogen) atoms. The number of rotatable bonds is 2. The Balaban J connectivity index is 0.000000686. The summed E-state index contributed by atoms with van der Waals surface area (Å²) in [4.78, 5) is 0. The minimum Gasteiger partial charge on any atom is -0.493 e. The summed E-state index contributed by atoms with van der Waals surface area (Å²) in [5.41, 5.74) is 1.28. The summed E-state index contributed by atoms with van der Waals surface area (Å²) in [5, 5.41) is 0. The van der Waals surface area contributed by atoms with Gasteiger partial charge in [-0.2, -0.15) is 0 Å². The van der Waals surface area contributed by atoms with Crippen molar-refractivity contribution in [3.8, 4) is 11.5 Å². The van der Waals surface area contributed by atoms with Crippen LogP contribution in [0.3, 0.4) is 0 Å². The highest BCUT2D eigenvalue weighted by molar-refractivity contribution is 5.43. The molecule has 1 atom stereocenters. The lowest BCUT2D eigenvalue weighted by atomic mass is 9.95. The zero-order valence-corrected chi connectivity index (χ0v) is 11.6. The second kappa shape index (κ2) is 6.53. The van der Waals surface area contributed by atoms with E-state index < -0.39 is 0 Å². The molecular formula is C15H24O2. The first kappa shape index (κ1) is 13.9. The third-order valence-corrected chi connectivity index (χ3v) is 2.69. The molecule has 0 spiro atoms. The molecule has 1 aliphatic rings. The van der Waals surface area contributed by atoms with Gasteiger partial charge < -0.3 is 9.47 Å². The van der Waals surface area contributed by atoms with E-state index in [4.69, 9.17) is 9.47 Å². The molecule has 2 heteroatoms. The van der Waals surface area contributed by atoms with Crippen molar-refractivity contribution in [1.82, 2.24) is 0 Å². The fraction of sp³-hybridized carbons (Fsp3) is 0.600. The highest BCUT2D eigenvalue weighted by atomic mass is 16.5. The maximum Gasteiger partial charge on any atom is 0.123 e. The summed E-state index contributed by atoms with van der Waals surface area (Å²) in [6, 6.07) is 6.11. The molecule has 0 aliphatic carbocycles. The minimum atomic E-state index is 0.225. The zero-order chi connectivity index (χ0) is 12.8. The predicted molar refractivity (Wildman–Crippen MR) is 72.1 cm³/mol. The monoisotopic (exact) mass is 236 g/mol. The van der Waals surface area contributed by atoms with Crippen molar-refractivity contribution in [2.24, 2.45) is 0 Å². The van der Waals surface area contributed by atoms with Crippen molar-refractivity contribution in [3.63, 3.8) is 0 Å². The number of hydrogen-bond donors (Lipinski definition) is 0. The molecule has 1 heterocycles. The molecule has 0 amide bonds. The van der Waals surface area contributed by atoms with Crippen molar-refractivity contribution in [2.75, 3.05) is 6.61 Å². The van der Waals surface area contributed by atoms with Gasteiger partial charge in [0.1, 0.15) is 11.5 Å². The van der Waals surface area contributed by atoms with Crippen LogP contribution in [0.1, 0.15) is 52.5 Å². The van der Waals surface area contributed by atoms with Crippen molar-refractivity contribution >= 4 is 0 Å². The first-order valence-corrected chi connectivity index (χ1v) is 6.60. The number of benzene rings is 1. The maximum atomic E-state index is 5.67. The van der Waals surface area contributed by atoms with Gasteiger partial charge >= 0.3 is 0 Å². The van der Waals surface area contributed by atoms with Gasteiger partial charge in [-0.1, -0.05) is 20.8 Å². The van der Waals surface area contributed by atoms with Crippen LogP contribution in [0.5, 0.6) is 11.5 Å². The quantitative estimate of drug-likeness (QED) is 0.758. The van der Waals surface area contributed by atoms with Gasteiger partial charge in [0.25, 0.3) is 0 Å². The second-order valence-corrected chi connectivity index (χ2v) is 4.40. The van der Waals surface area contributed by atoms with Crippen LogP contribution in [0, 0.1) is 0 Å². The molecule has 0 saturated carbocycles.